The number of carbonyl (C=O) groups is 1. The topological polar surface area (TPSA) is 34.0 Å². The molecular formula is C19H26N2O. The molecule has 0 fully saturated rings. The highest BCUT2D eigenvalue weighted by molar-refractivity contribution is 6.00. The highest BCUT2D eigenvalue weighted by Crippen LogP contribution is 2.21. The first kappa shape index (κ1) is 16.3. The van der Waals surface area contributed by atoms with Crippen LogP contribution >= 0.6 is 0 Å². The number of Topliss-reactive ketones (excluding diaryl/α,β-unsaturated/α-hetero) is 1. The van der Waals surface area contributed by atoms with E-state index in [1.165, 1.54) is 5.56 Å². The van der Waals surface area contributed by atoms with Crippen LogP contribution in [0.5, 0.6) is 0 Å². The summed E-state index contributed by atoms with van der Waals surface area (Å²) in [6, 6.07) is 8.61. The van der Waals surface area contributed by atoms with Crippen molar-refractivity contribution < 1.29 is 4.79 Å². The van der Waals surface area contributed by atoms with E-state index in [-0.39, 0.29) is 5.78 Å². The molecule has 2 rings (SSSR count). The summed E-state index contributed by atoms with van der Waals surface area (Å²) in [6.07, 6.45) is 0. The summed E-state index contributed by atoms with van der Waals surface area (Å²) in [6.45, 7) is 12.8. The lowest BCUT2D eigenvalue weighted by Crippen LogP contribution is -2.16. The highest BCUT2D eigenvalue weighted by Gasteiger charge is 2.17. The Morgan fingerprint density at radius 2 is 1.82 bits per heavy atom. The molecule has 0 atom stereocenters. The predicted molar refractivity (Wildman–Crippen MR) is 93.0 cm³/mol. The van der Waals surface area contributed by atoms with Gasteiger partial charge in [-0.25, -0.2) is 0 Å². The Labute approximate surface area is 133 Å². The van der Waals surface area contributed by atoms with E-state index in [4.69, 9.17) is 0 Å². The number of aromatic nitrogens is 1. The maximum Gasteiger partial charge on any atom is 0.183 e. The number of anilines is 1. The molecule has 1 aromatic heterocycles. The number of aryl methyl sites for hydroxylation is 3. The van der Waals surface area contributed by atoms with E-state index in [1.54, 1.807) is 0 Å². The molecule has 0 radical (unpaired) electrons. The fraction of sp³-hybridized carbons (Fsp3) is 0.421. The van der Waals surface area contributed by atoms with Gasteiger partial charge in [0.2, 0.25) is 0 Å². The van der Waals surface area contributed by atoms with Crippen molar-refractivity contribution in [1.82, 2.24) is 4.57 Å². The molecule has 0 unspecified atom stereocenters. The zero-order valence-electron chi connectivity index (χ0n) is 14.4. The summed E-state index contributed by atoms with van der Waals surface area (Å²) in [5.74, 6) is 0.140. The van der Waals surface area contributed by atoms with Crippen molar-refractivity contribution in [3.8, 4) is 0 Å². The largest absolute Gasteiger partial charge is 0.377 e. The molecule has 1 N–H and O–H groups in total. The van der Waals surface area contributed by atoms with Gasteiger partial charge >= 0.3 is 0 Å². The molecule has 2 aromatic rings. The number of carbonyl (C=O) groups excluding carboxylic acids is 1. The van der Waals surface area contributed by atoms with Crippen molar-refractivity contribution in [2.24, 2.45) is 0 Å². The Bertz CT molecular complexity index is 696. The van der Waals surface area contributed by atoms with Crippen LogP contribution in [0, 0.1) is 27.7 Å². The number of hydrogen-bond acceptors (Lipinski definition) is 2. The minimum absolute atomic E-state index is 0.140. The van der Waals surface area contributed by atoms with Crippen molar-refractivity contribution in [1.29, 1.82) is 0 Å². The summed E-state index contributed by atoms with van der Waals surface area (Å²) < 4.78 is 2.21. The van der Waals surface area contributed by atoms with Gasteiger partial charge in [-0.3, -0.25) is 4.79 Å². The zero-order chi connectivity index (χ0) is 16.4. The Hall–Kier alpha value is -2.03. The Kier molecular flexibility index (Phi) is 4.74. The molecule has 3 heteroatoms. The third-order valence-electron chi connectivity index (χ3n) is 4.13. The van der Waals surface area contributed by atoms with Gasteiger partial charge in [0.1, 0.15) is 0 Å². The quantitative estimate of drug-likeness (QED) is 0.819. The van der Waals surface area contributed by atoms with Gasteiger partial charge in [-0.1, -0.05) is 12.1 Å². The second-order valence-corrected chi connectivity index (χ2v) is 6.34. The third-order valence-corrected chi connectivity index (χ3v) is 4.13. The molecule has 0 aliphatic heterocycles. The third kappa shape index (κ3) is 3.24. The average Bonchev–Trinajstić information content (AvgIpc) is 2.74. The molecule has 118 valence electrons. The van der Waals surface area contributed by atoms with Gasteiger partial charge in [-0.2, -0.15) is 0 Å². The maximum atomic E-state index is 12.5. The van der Waals surface area contributed by atoms with E-state index in [2.05, 4.69) is 62.7 Å². The molecule has 0 aliphatic carbocycles. The molecule has 0 amide bonds. The van der Waals surface area contributed by atoms with Crippen LogP contribution in [-0.4, -0.2) is 16.9 Å². The second kappa shape index (κ2) is 6.39. The standard InChI is InChI=1S/C19H26N2O/c1-12(2)21-15(5)10-17(16(21)6)19(22)11-20-18-9-13(3)7-8-14(18)4/h7-10,12,20H,11H2,1-6H3. The van der Waals surface area contributed by atoms with Gasteiger partial charge in [0, 0.05) is 28.7 Å². The van der Waals surface area contributed by atoms with E-state index < -0.39 is 0 Å². The number of hydrogen-bond donors (Lipinski definition) is 1. The van der Waals surface area contributed by atoms with E-state index in [0.29, 0.717) is 12.6 Å². The fourth-order valence-electron chi connectivity index (χ4n) is 3.05. The van der Waals surface area contributed by atoms with Crippen LogP contribution in [0.25, 0.3) is 0 Å². The van der Waals surface area contributed by atoms with Crippen LogP contribution < -0.4 is 5.32 Å². The SMILES string of the molecule is Cc1ccc(C)c(NCC(=O)c2cc(C)n(C(C)C)c2C)c1. The lowest BCUT2D eigenvalue weighted by molar-refractivity contribution is 0.101. The van der Waals surface area contributed by atoms with Crippen molar-refractivity contribution in [2.75, 3.05) is 11.9 Å². The Balaban J connectivity index is 2.16. The first-order chi connectivity index (χ1) is 10.3. The average molecular weight is 298 g/mol. The van der Waals surface area contributed by atoms with Crippen LogP contribution in [0.15, 0.2) is 24.3 Å². The van der Waals surface area contributed by atoms with Gasteiger partial charge < -0.3 is 9.88 Å². The lowest BCUT2D eigenvalue weighted by Gasteiger charge is -2.14. The summed E-state index contributed by atoms with van der Waals surface area (Å²) in [7, 11) is 0. The van der Waals surface area contributed by atoms with Crippen molar-refractivity contribution in [3.05, 3.63) is 52.3 Å². The first-order valence-corrected chi connectivity index (χ1v) is 7.84. The molecule has 0 saturated carbocycles. The summed E-state index contributed by atoms with van der Waals surface area (Å²) in [5.41, 5.74) is 6.41. The minimum atomic E-state index is 0.140. The fourth-order valence-corrected chi connectivity index (χ4v) is 3.05. The summed E-state index contributed by atoms with van der Waals surface area (Å²) in [5, 5.41) is 3.28. The molecule has 0 saturated heterocycles. The van der Waals surface area contributed by atoms with Gasteiger partial charge in [0.05, 0.1) is 6.54 Å². The van der Waals surface area contributed by atoms with Crippen molar-refractivity contribution in [3.63, 3.8) is 0 Å². The second-order valence-electron chi connectivity index (χ2n) is 6.34. The molecule has 0 spiro atoms. The van der Waals surface area contributed by atoms with Gasteiger partial charge in [0.25, 0.3) is 0 Å². The van der Waals surface area contributed by atoms with Gasteiger partial charge in [0.15, 0.2) is 5.78 Å². The number of rotatable bonds is 5. The highest BCUT2D eigenvalue weighted by atomic mass is 16.1. The van der Waals surface area contributed by atoms with Crippen LogP contribution in [0.3, 0.4) is 0 Å². The molecule has 0 bridgehead atoms. The van der Waals surface area contributed by atoms with Gasteiger partial charge in [-0.05, 0) is 64.8 Å². The predicted octanol–water partition coefficient (Wildman–Crippen LogP) is 4.60. The van der Waals surface area contributed by atoms with E-state index in [9.17, 15) is 4.79 Å². The first-order valence-electron chi connectivity index (χ1n) is 7.84. The Morgan fingerprint density at radius 1 is 1.14 bits per heavy atom. The number of nitrogens with zero attached hydrogens (tertiary/aromatic N) is 1. The molecule has 0 aliphatic rings. The molecule has 1 heterocycles. The van der Waals surface area contributed by atoms with Crippen molar-refractivity contribution in [2.45, 2.75) is 47.6 Å². The monoisotopic (exact) mass is 298 g/mol. The number of benzene rings is 1. The number of nitrogens with one attached hydrogen (secondary N) is 1. The smallest absolute Gasteiger partial charge is 0.183 e. The minimum Gasteiger partial charge on any atom is -0.377 e. The molecule has 3 nitrogen and oxygen atoms in total. The zero-order valence-corrected chi connectivity index (χ0v) is 14.4. The van der Waals surface area contributed by atoms with E-state index in [0.717, 1.165) is 28.2 Å². The molecule has 22 heavy (non-hydrogen) atoms. The normalized spacial score (nSPS) is 11.0. The van der Waals surface area contributed by atoms with Crippen LogP contribution in [0.1, 0.15) is 52.8 Å². The molecular weight excluding hydrogens is 272 g/mol. The van der Waals surface area contributed by atoms with Crippen LogP contribution in [0.4, 0.5) is 5.69 Å². The number of ketones is 1. The van der Waals surface area contributed by atoms with Gasteiger partial charge in [-0.15, -0.1) is 0 Å². The van der Waals surface area contributed by atoms with Crippen LogP contribution in [-0.2, 0) is 0 Å². The lowest BCUT2D eigenvalue weighted by atomic mass is 10.1. The summed E-state index contributed by atoms with van der Waals surface area (Å²) in [4.78, 5) is 12.5. The van der Waals surface area contributed by atoms with Crippen molar-refractivity contribution >= 4 is 11.5 Å². The molecule has 1 aromatic carbocycles. The summed E-state index contributed by atoms with van der Waals surface area (Å²) >= 11 is 0. The maximum absolute atomic E-state index is 12.5. The van der Waals surface area contributed by atoms with E-state index >= 15 is 0 Å². The van der Waals surface area contributed by atoms with Crippen LogP contribution in [0.2, 0.25) is 0 Å². The van der Waals surface area contributed by atoms with E-state index in [1.807, 2.05) is 13.0 Å². The Morgan fingerprint density at radius 3 is 2.41 bits per heavy atom.